The molecule has 19 heavy (non-hydrogen) atoms. The van der Waals surface area contributed by atoms with Crippen molar-refractivity contribution in [3.63, 3.8) is 0 Å². The second-order valence-corrected chi connectivity index (χ2v) is 5.79. The minimum atomic E-state index is 0.931. The maximum absolute atomic E-state index is 2.34. The van der Waals surface area contributed by atoms with E-state index in [1.54, 1.807) is 0 Å². The smallest absolute Gasteiger partial charge is 0.0307 e. The highest BCUT2D eigenvalue weighted by molar-refractivity contribution is 5.22. The summed E-state index contributed by atoms with van der Waals surface area (Å²) in [4.78, 5) is 0. The van der Waals surface area contributed by atoms with Crippen LogP contribution in [0.25, 0.3) is 0 Å². The van der Waals surface area contributed by atoms with Gasteiger partial charge in [-0.2, -0.15) is 0 Å². The molecule has 2 atom stereocenters. The zero-order chi connectivity index (χ0) is 14.7. The summed E-state index contributed by atoms with van der Waals surface area (Å²) in [5, 5.41) is 0. The highest BCUT2D eigenvalue weighted by Gasteiger charge is 2.03. The molecular weight excluding hydrogens is 228 g/mol. The standard InChI is InChI=1S/C10H14.C9H20/c1-3-9-5-7-10(4-2)8-6-9;1-5-8(3)7-9(4)6-2/h5-8H,3-4H2,1-2H3;8-9H,5-7H2,1-4H3. The predicted molar refractivity (Wildman–Crippen MR) is 88.7 cm³/mol. The van der Waals surface area contributed by atoms with E-state index >= 15 is 0 Å². The molecule has 0 aliphatic rings. The molecule has 0 nitrogen and oxygen atoms in total. The van der Waals surface area contributed by atoms with Gasteiger partial charge in [0.25, 0.3) is 0 Å². The Hall–Kier alpha value is -0.780. The van der Waals surface area contributed by atoms with Gasteiger partial charge < -0.3 is 0 Å². The first-order valence-corrected chi connectivity index (χ1v) is 8.14. The predicted octanol–water partition coefficient (Wildman–Crippen LogP) is 6.28. The van der Waals surface area contributed by atoms with Crippen molar-refractivity contribution in [3.8, 4) is 0 Å². The van der Waals surface area contributed by atoms with E-state index < -0.39 is 0 Å². The second-order valence-electron chi connectivity index (χ2n) is 5.79. The number of hydrogen-bond acceptors (Lipinski definition) is 0. The Labute approximate surface area is 121 Å². The second kappa shape index (κ2) is 11.1. The van der Waals surface area contributed by atoms with Crippen molar-refractivity contribution in [1.29, 1.82) is 0 Å². The molecule has 2 unspecified atom stereocenters. The molecule has 0 amide bonds. The lowest BCUT2D eigenvalue weighted by Crippen LogP contribution is -2.00. The van der Waals surface area contributed by atoms with Crippen molar-refractivity contribution >= 4 is 0 Å². The molecule has 0 aromatic heterocycles. The van der Waals surface area contributed by atoms with Crippen molar-refractivity contribution in [3.05, 3.63) is 35.4 Å². The van der Waals surface area contributed by atoms with Gasteiger partial charge in [0.05, 0.1) is 0 Å². The SMILES string of the molecule is CCC(C)CC(C)CC.CCc1ccc(CC)cc1. The Balaban J connectivity index is 0.000000344. The van der Waals surface area contributed by atoms with Crippen LogP contribution in [0.3, 0.4) is 0 Å². The molecule has 110 valence electrons. The Morgan fingerprint density at radius 2 is 1.00 bits per heavy atom. The fourth-order valence-electron chi connectivity index (χ4n) is 2.03. The molecular formula is C19H34. The van der Waals surface area contributed by atoms with Crippen LogP contribution in [-0.4, -0.2) is 0 Å². The highest BCUT2D eigenvalue weighted by Crippen LogP contribution is 2.16. The Kier molecular flexibility index (Phi) is 10.6. The van der Waals surface area contributed by atoms with Crippen LogP contribution in [0.2, 0.25) is 0 Å². The fraction of sp³-hybridized carbons (Fsp3) is 0.684. The molecule has 0 heteroatoms. The van der Waals surface area contributed by atoms with Gasteiger partial charge >= 0.3 is 0 Å². The third kappa shape index (κ3) is 8.86. The van der Waals surface area contributed by atoms with E-state index in [-0.39, 0.29) is 0 Å². The summed E-state index contributed by atoms with van der Waals surface area (Å²) in [5.41, 5.74) is 2.86. The molecule has 1 aromatic carbocycles. The Morgan fingerprint density at radius 3 is 1.21 bits per heavy atom. The van der Waals surface area contributed by atoms with E-state index in [0.717, 1.165) is 24.7 Å². The van der Waals surface area contributed by atoms with Gasteiger partial charge in [-0.1, -0.05) is 78.6 Å². The van der Waals surface area contributed by atoms with Crippen molar-refractivity contribution in [2.24, 2.45) is 11.8 Å². The highest BCUT2D eigenvalue weighted by atomic mass is 14.1. The van der Waals surface area contributed by atoms with Crippen molar-refractivity contribution in [2.75, 3.05) is 0 Å². The minimum Gasteiger partial charge on any atom is -0.0651 e. The van der Waals surface area contributed by atoms with Gasteiger partial charge in [0, 0.05) is 0 Å². The monoisotopic (exact) mass is 262 g/mol. The lowest BCUT2D eigenvalue weighted by atomic mass is 9.94. The maximum atomic E-state index is 2.34. The molecule has 0 heterocycles. The van der Waals surface area contributed by atoms with Gasteiger partial charge in [-0.3, -0.25) is 0 Å². The molecule has 0 spiro atoms. The minimum absolute atomic E-state index is 0.931. The van der Waals surface area contributed by atoms with E-state index in [4.69, 9.17) is 0 Å². The van der Waals surface area contributed by atoms with E-state index in [9.17, 15) is 0 Å². The van der Waals surface area contributed by atoms with Crippen LogP contribution >= 0.6 is 0 Å². The van der Waals surface area contributed by atoms with Gasteiger partial charge in [-0.15, -0.1) is 0 Å². The molecule has 0 fully saturated rings. The summed E-state index contributed by atoms with van der Waals surface area (Å²) in [6, 6.07) is 8.83. The van der Waals surface area contributed by atoms with Crippen LogP contribution in [-0.2, 0) is 12.8 Å². The molecule has 0 aliphatic heterocycles. The van der Waals surface area contributed by atoms with Crippen molar-refractivity contribution in [2.45, 2.75) is 73.6 Å². The first-order valence-electron chi connectivity index (χ1n) is 8.14. The van der Waals surface area contributed by atoms with Gasteiger partial charge in [-0.25, -0.2) is 0 Å². The maximum Gasteiger partial charge on any atom is -0.0307 e. The summed E-state index contributed by atoms with van der Waals surface area (Å²) in [7, 11) is 0. The van der Waals surface area contributed by atoms with Gasteiger partial charge in [0.2, 0.25) is 0 Å². The first-order chi connectivity index (χ1) is 9.07. The normalized spacial score (nSPS) is 13.4. The summed E-state index contributed by atoms with van der Waals surface area (Å²) >= 11 is 0. The lowest BCUT2D eigenvalue weighted by Gasteiger charge is -2.12. The molecule has 0 saturated carbocycles. The molecule has 1 aromatic rings. The van der Waals surface area contributed by atoms with E-state index in [1.165, 1.54) is 30.4 Å². The van der Waals surface area contributed by atoms with Gasteiger partial charge in [0.15, 0.2) is 0 Å². The van der Waals surface area contributed by atoms with E-state index in [2.05, 4.69) is 65.8 Å². The van der Waals surface area contributed by atoms with E-state index in [0.29, 0.717) is 0 Å². The van der Waals surface area contributed by atoms with Crippen LogP contribution in [0.15, 0.2) is 24.3 Å². The van der Waals surface area contributed by atoms with Crippen molar-refractivity contribution < 1.29 is 0 Å². The summed E-state index contributed by atoms with van der Waals surface area (Å²) in [6.45, 7) is 13.6. The van der Waals surface area contributed by atoms with Crippen LogP contribution in [0.1, 0.15) is 71.9 Å². The lowest BCUT2D eigenvalue weighted by molar-refractivity contribution is 0.397. The largest absolute Gasteiger partial charge is 0.0651 e. The quantitative estimate of drug-likeness (QED) is 0.566. The topological polar surface area (TPSA) is 0 Å². The van der Waals surface area contributed by atoms with Gasteiger partial charge in [-0.05, 0) is 42.2 Å². The summed E-state index contributed by atoms with van der Waals surface area (Å²) in [5.74, 6) is 1.86. The summed E-state index contributed by atoms with van der Waals surface area (Å²) < 4.78 is 0. The third-order valence-electron chi connectivity index (χ3n) is 4.04. The van der Waals surface area contributed by atoms with Gasteiger partial charge in [0.1, 0.15) is 0 Å². The Morgan fingerprint density at radius 1 is 0.684 bits per heavy atom. The zero-order valence-corrected chi connectivity index (χ0v) is 14.0. The number of hydrogen-bond donors (Lipinski definition) is 0. The molecule has 1 rings (SSSR count). The number of aryl methyl sites for hydroxylation is 2. The van der Waals surface area contributed by atoms with Crippen LogP contribution in [0, 0.1) is 11.8 Å². The van der Waals surface area contributed by atoms with Crippen LogP contribution in [0.4, 0.5) is 0 Å². The van der Waals surface area contributed by atoms with Crippen LogP contribution < -0.4 is 0 Å². The molecule has 0 aliphatic carbocycles. The number of rotatable bonds is 6. The zero-order valence-electron chi connectivity index (χ0n) is 14.0. The summed E-state index contributed by atoms with van der Waals surface area (Å²) in [6.07, 6.45) is 6.37. The molecule has 0 bridgehead atoms. The molecule has 0 saturated heterocycles. The first kappa shape index (κ1) is 18.2. The van der Waals surface area contributed by atoms with E-state index in [1.807, 2.05) is 0 Å². The number of benzene rings is 1. The fourth-order valence-corrected chi connectivity index (χ4v) is 2.03. The third-order valence-corrected chi connectivity index (χ3v) is 4.04. The molecule has 0 radical (unpaired) electrons. The van der Waals surface area contributed by atoms with Crippen LogP contribution in [0.5, 0.6) is 0 Å². The Bertz CT molecular complexity index is 265. The van der Waals surface area contributed by atoms with Crippen molar-refractivity contribution in [1.82, 2.24) is 0 Å². The molecule has 0 N–H and O–H groups in total. The average Bonchev–Trinajstić information content (AvgIpc) is 2.47. The average molecular weight is 262 g/mol.